The molecule has 1 heterocycles. The van der Waals surface area contributed by atoms with Gasteiger partial charge in [-0.15, -0.1) is 0 Å². The maximum absolute atomic E-state index is 11.8. The number of hydrogen-bond acceptors (Lipinski definition) is 5. The maximum Gasteiger partial charge on any atom is 0.342 e. The quantitative estimate of drug-likeness (QED) is 0.773. The summed E-state index contributed by atoms with van der Waals surface area (Å²) in [6, 6.07) is 0. The number of ether oxygens (including phenoxy) is 2. The van der Waals surface area contributed by atoms with Gasteiger partial charge >= 0.3 is 11.9 Å². The predicted molar refractivity (Wildman–Crippen MR) is 83.0 cm³/mol. The highest BCUT2D eigenvalue weighted by atomic mass is 35.5. The van der Waals surface area contributed by atoms with Crippen LogP contribution in [-0.4, -0.2) is 29.3 Å². The lowest BCUT2D eigenvalue weighted by Crippen LogP contribution is -2.03. The highest BCUT2D eigenvalue weighted by Gasteiger charge is 2.31. The topological polar surface area (TPSA) is 93.1 Å². The molecule has 0 aliphatic carbocycles. The van der Waals surface area contributed by atoms with Crippen molar-refractivity contribution in [1.82, 2.24) is 0 Å². The van der Waals surface area contributed by atoms with Gasteiger partial charge in [-0.05, 0) is 25.3 Å². The Balaban J connectivity index is 2.37. The fraction of sp³-hybridized carbons (Fsp3) is 0.375. The second-order valence-corrected chi connectivity index (χ2v) is 5.65. The van der Waals surface area contributed by atoms with Crippen molar-refractivity contribution in [2.45, 2.75) is 32.8 Å². The number of methoxy groups -OCH3 is 1. The molecule has 0 radical (unpaired) electrons. The van der Waals surface area contributed by atoms with Crippen LogP contribution >= 0.6 is 11.6 Å². The van der Waals surface area contributed by atoms with Crippen LogP contribution in [0.15, 0.2) is 11.1 Å². The van der Waals surface area contributed by atoms with E-state index in [1.165, 1.54) is 7.11 Å². The molecule has 6 nitrogen and oxygen atoms in total. The minimum atomic E-state index is -0.937. The number of aromatic hydroxyl groups is 1. The number of esters is 1. The molecule has 0 amide bonds. The summed E-state index contributed by atoms with van der Waals surface area (Å²) >= 11 is 5.99. The number of rotatable bonds is 6. The largest absolute Gasteiger partial charge is 0.507 e. The van der Waals surface area contributed by atoms with Crippen LogP contribution in [-0.2, 0) is 22.6 Å². The van der Waals surface area contributed by atoms with E-state index in [-0.39, 0.29) is 37.2 Å². The molecule has 2 rings (SSSR count). The van der Waals surface area contributed by atoms with Crippen molar-refractivity contribution in [3.8, 4) is 11.5 Å². The number of carboxylic acids is 1. The zero-order valence-electron chi connectivity index (χ0n) is 12.8. The van der Waals surface area contributed by atoms with Gasteiger partial charge in [-0.25, -0.2) is 4.79 Å². The van der Waals surface area contributed by atoms with Gasteiger partial charge in [-0.1, -0.05) is 17.7 Å². The average Bonchev–Trinajstić information content (AvgIpc) is 2.89. The molecule has 0 unspecified atom stereocenters. The van der Waals surface area contributed by atoms with Crippen molar-refractivity contribution in [3.63, 3.8) is 0 Å². The third-order valence-corrected chi connectivity index (χ3v) is 4.10. The monoisotopic (exact) mass is 340 g/mol. The Morgan fingerprint density at radius 2 is 2.13 bits per heavy atom. The molecule has 0 bridgehead atoms. The van der Waals surface area contributed by atoms with Crippen molar-refractivity contribution in [2.75, 3.05) is 7.11 Å². The number of aliphatic carboxylic acids is 1. The first kappa shape index (κ1) is 17.1. The van der Waals surface area contributed by atoms with E-state index in [1.54, 1.807) is 13.0 Å². The van der Waals surface area contributed by atoms with Crippen LogP contribution in [0.4, 0.5) is 0 Å². The number of hydrogen-bond donors (Lipinski definition) is 2. The molecule has 0 fully saturated rings. The van der Waals surface area contributed by atoms with E-state index < -0.39 is 11.9 Å². The normalized spacial score (nSPS) is 13.7. The first-order valence-corrected chi connectivity index (χ1v) is 7.39. The van der Waals surface area contributed by atoms with E-state index in [2.05, 4.69) is 0 Å². The van der Waals surface area contributed by atoms with Gasteiger partial charge in [0.25, 0.3) is 0 Å². The molecule has 1 aromatic carbocycles. The second kappa shape index (κ2) is 6.91. The van der Waals surface area contributed by atoms with Crippen LogP contribution < -0.4 is 4.74 Å². The van der Waals surface area contributed by atoms with Crippen LogP contribution in [0, 0.1) is 6.92 Å². The molecule has 1 aromatic rings. The van der Waals surface area contributed by atoms with E-state index in [1.807, 2.05) is 0 Å². The molecule has 0 atom stereocenters. The number of cyclic esters (lactones) is 1. The van der Waals surface area contributed by atoms with Crippen molar-refractivity contribution in [1.29, 1.82) is 0 Å². The number of carbonyl (C=O) groups excluding carboxylic acids is 1. The number of carboxylic acid groups (broad SMARTS) is 1. The third-order valence-electron chi connectivity index (χ3n) is 3.75. The summed E-state index contributed by atoms with van der Waals surface area (Å²) in [4.78, 5) is 22.3. The summed E-state index contributed by atoms with van der Waals surface area (Å²) in [6.07, 6.45) is 1.95. The highest BCUT2D eigenvalue weighted by Crippen LogP contribution is 2.42. The summed E-state index contributed by atoms with van der Waals surface area (Å²) in [7, 11) is 1.48. The SMILES string of the molecule is COc1c(C)c2c(c(O)c1CC=C(Cl)CCC(=O)O)C(=O)OC2. The number of allylic oxidation sites excluding steroid dienone is 2. The van der Waals surface area contributed by atoms with Gasteiger partial charge in [0.15, 0.2) is 0 Å². The lowest BCUT2D eigenvalue weighted by molar-refractivity contribution is -0.136. The van der Waals surface area contributed by atoms with Gasteiger partial charge < -0.3 is 19.7 Å². The summed E-state index contributed by atoms with van der Waals surface area (Å²) in [6.45, 7) is 1.90. The van der Waals surface area contributed by atoms with Crippen molar-refractivity contribution < 1.29 is 29.3 Å². The van der Waals surface area contributed by atoms with Gasteiger partial charge in [0.1, 0.15) is 23.7 Å². The third kappa shape index (κ3) is 3.42. The Hall–Kier alpha value is -2.21. The van der Waals surface area contributed by atoms with Gasteiger partial charge in [-0.3, -0.25) is 4.79 Å². The van der Waals surface area contributed by atoms with Gasteiger partial charge in [0, 0.05) is 16.2 Å². The van der Waals surface area contributed by atoms with Crippen LogP contribution in [0.2, 0.25) is 0 Å². The molecular formula is C16H17ClO6. The van der Waals surface area contributed by atoms with Crippen LogP contribution in [0.25, 0.3) is 0 Å². The molecule has 0 saturated heterocycles. The first-order chi connectivity index (χ1) is 10.9. The number of fused-ring (bicyclic) bond motifs is 1. The Labute approximate surface area is 138 Å². The minimum absolute atomic E-state index is 0.0754. The van der Waals surface area contributed by atoms with Crippen molar-refractivity contribution >= 4 is 23.5 Å². The fourth-order valence-corrected chi connectivity index (χ4v) is 2.74. The zero-order chi connectivity index (χ0) is 17.1. The van der Waals surface area contributed by atoms with E-state index in [0.717, 1.165) is 5.56 Å². The summed E-state index contributed by atoms with van der Waals surface area (Å²) in [5, 5.41) is 19.4. The van der Waals surface area contributed by atoms with Crippen LogP contribution in [0.1, 0.15) is 39.9 Å². The van der Waals surface area contributed by atoms with E-state index in [4.69, 9.17) is 26.2 Å². The molecule has 0 spiro atoms. The molecule has 0 saturated carbocycles. The van der Waals surface area contributed by atoms with Gasteiger partial charge in [0.05, 0.1) is 13.5 Å². The highest BCUT2D eigenvalue weighted by molar-refractivity contribution is 6.29. The zero-order valence-corrected chi connectivity index (χ0v) is 13.6. The molecule has 1 aliphatic heterocycles. The van der Waals surface area contributed by atoms with Crippen LogP contribution in [0.5, 0.6) is 11.5 Å². The Bertz CT molecular complexity index is 693. The smallest absolute Gasteiger partial charge is 0.342 e. The summed E-state index contributed by atoms with van der Waals surface area (Å²) < 4.78 is 10.3. The lowest BCUT2D eigenvalue weighted by Gasteiger charge is -2.15. The Kier molecular flexibility index (Phi) is 5.15. The second-order valence-electron chi connectivity index (χ2n) is 5.16. The fourth-order valence-electron chi connectivity index (χ4n) is 2.57. The number of phenolic OH excluding ortho intramolecular Hbond substituents is 1. The Morgan fingerprint density at radius 3 is 2.74 bits per heavy atom. The molecule has 2 N–H and O–H groups in total. The Morgan fingerprint density at radius 1 is 1.43 bits per heavy atom. The van der Waals surface area contributed by atoms with E-state index in [9.17, 15) is 14.7 Å². The average molecular weight is 341 g/mol. The first-order valence-electron chi connectivity index (χ1n) is 7.01. The van der Waals surface area contributed by atoms with E-state index in [0.29, 0.717) is 21.9 Å². The molecule has 1 aliphatic rings. The lowest BCUT2D eigenvalue weighted by atomic mass is 9.95. The van der Waals surface area contributed by atoms with Crippen molar-refractivity contribution in [3.05, 3.63) is 33.4 Å². The predicted octanol–water partition coefficient (Wildman–Crippen LogP) is 2.91. The molecule has 0 aromatic heterocycles. The van der Waals surface area contributed by atoms with Gasteiger partial charge in [0.2, 0.25) is 0 Å². The summed E-state index contributed by atoms with van der Waals surface area (Å²) in [5.74, 6) is -1.21. The number of benzene rings is 1. The summed E-state index contributed by atoms with van der Waals surface area (Å²) in [5.41, 5.74) is 1.94. The number of halogens is 1. The van der Waals surface area contributed by atoms with Crippen molar-refractivity contribution in [2.24, 2.45) is 0 Å². The maximum atomic E-state index is 11.8. The standard InChI is InChI=1S/C16H17ClO6/c1-8-11-7-23-16(21)13(11)14(20)10(15(8)22-2)5-3-9(17)4-6-12(18)19/h3,20H,4-7H2,1-2H3,(H,18,19). The minimum Gasteiger partial charge on any atom is -0.507 e. The van der Waals surface area contributed by atoms with Crippen LogP contribution in [0.3, 0.4) is 0 Å². The molecule has 7 heteroatoms. The van der Waals surface area contributed by atoms with Gasteiger partial charge in [-0.2, -0.15) is 0 Å². The molecular weight excluding hydrogens is 324 g/mol. The molecule has 23 heavy (non-hydrogen) atoms. The number of phenols is 1. The number of carbonyl (C=O) groups is 2. The van der Waals surface area contributed by atoms with E-state index >= 15 is 0 Å². The molecule has 124 valence electrons.